The molecule has 1 aromatic carbocycles. The van der Waals surface area contributed by atoms with E-state index in [9.17, 15) is 0 Å². The van der Waals surface area contributed by atoms with Crippen molar-refractivity contribution in [1.82, 2.24) is 5.32 Å². The minimum Gasteiger partial charge on any atom is -0.368 e. The molecule has 0 atom stereocenters. The number of benzene rings is 1. The molecule has 1 saturated heterocycles. The Hall–Kier alpha value is -0.860. The van der Waals surface area contributed by atoms with Gasteiger partial charge in [0, 0.05) is 13.1 Å². The molecule has 0 spiro atoms. The third kappa shape index (κ3) is 2.14. The first-order chi connectivity index (χ1) is 6.68. The van der Waals surface area contributed by atoms with Crippen LogP contribution in [0.1, 0.15) is 18.1 Å². The minimum absolute atomic E-state index is 0.0593. The minimum atomic E-state index is 0.0593. The third-order valence-electron chi connectivity index (χ3n) is 2.67. The highest BCUT2D eigenvalue weighted by Crippen LogP contribution is 2.18. The summed E-state index contributed by atoms with van der Waals surface area (Å²) in [5.41, 5.74) is 2.62. The molecule has 1 aliphatic rings. The van der Waals surface area contributed by atoms with E-state index in [-0.39, 0.29) is 5.60 Å². The maximum absolute atomic E-state index is 5.84. The Morgan fingerprint density at radius 2 is 2.21 bits per heavy atom. The van der Waals surface area contributed by atoms with Gasteiger partial charge in [-0.1, -0.05) is 29.8 Å². The average Bonchev–Trinajstić information content (AvgIpc) is 2.12. The maximum Gasteiger partial charge on any atom is 0.0906 e. The van der Waals surface area contributed by atoms with Gasteiger partial charge in [0.1, 0.15) is 0 Å². The number of nitrogens with one attached hydrogen (secondary N) is 1. The van der Waals surface area contributed by atoms with Crippen molar-refractivity contribution in [3.8, 4) is 0 Å². The van der Waals surface area contributed by atoms with Crippen LogP contribution >= 0.6 is 0 Å². The van der Waals surface area contributed by atoms with Crippen LogP contribution < -0.4 is 5.32 Å². The summed E-state index contributed by atoms with van der Waals surface area (Å²) in [6.45, 7) is 6.92. The molecule has 0 amide bonds. The quantitative estimate of drug-likeness (QED) is 0.787. The fraction of sp³-hybridized carbons (Fsp3) is 0.500. The van der Waals surface area contributed by atoms with Crippen LogP contribution in [0.5, 0.6) is 0 Å². The second-order valence-corrected chi connectivity index (χ2v) is 4.33. The monoisotopic (exact) mass is 191 g/mol. The molecule has 0 saturated carbocycles. The van der Waals surface area contributed by atoms with Gasteiger partial charge < -0.3 is 10.1 Å². The lowest BCUT2D eigenvalue weighted by molar-refractivity contribution is -0.0767. The zero-order valence-electron chi connectivity index (χ0n) is 8.84. The smallest absolute Gasteiger partial charge is 0.0906 e. The van der Waals surface area contributed by atoms with Gasteiger partial charge in [-0.3, -0.25) is 0 Å². The van der Waals surface area contributed by atoms with Gasteiger partial charge in [0.05, 0.1) is 12.2 Å². The summed E-state index contributed by atoms with van der Waals surface area (Å²) in [6, 6.07) is 8.48. The van der Waals surface area contributed by atoms with E-state index in [1.54, 1.807) is 0 Å². The summed E-state index contributed by atoms with van der Waals surface area (Å²) in [5, 5.41) is 3.22. The van der Waals surface area contributed by atoms with Crippen molar-refractivity contribution in [2.75, 3.05) is 13.1 Å². The number of hydrogen-bond donors (Lipinski definition) is 1. The van der Waals surface area contributed by atoms with Crippen molar-refractivity contribution in [2.45, 2.75) is 26.1 Å². The molecule has 0 bridgehead atoms. The van der Waals surface area contributed by atoms with Gasteiger partial charge in [-0.2, -0.15) is 0 Å². The Bertz CT molecular complexity index is 318. The lowest BCUT2D eigenvalue weighted by atomic mass is 10.00. The van der Waals surface area contributed by atoms with E-state index in [1.807, 2.05) is 0 Å². The van der Waals surface area contributed by atoms with Crippen molar-refractivity contribution in [1.29, 1.82) is 0 Å². The van der Waals surface area contributed by atoms with Crippen molar-refractivity contribution in [2.24, 2.45) is 0 Å². The molecule has 0 aliphatic carbocycles. The summed E-state index contributed by atoms with van der Waals surface area (Å²) in [6.07, 6.45) is 0. The molecule has 0 radical (unpaired) electrons. The molecule has 0 unspecified atom stereocenters. The predicted molar refractivity (Wildman–Crippen MR) is 57.2 cm³/mol. The summed E-state index contributed by atoms with van der Waals surface area (Å²) in [5.74, 6) is 0. The molecule has 1 aromatic rings. The van der Waals surface area contributed by atoms with Gasteiger partial charge in [0.25, 0.3) is 0 Å². The SMILES string of the molecule is Cc1cccc(COC2(C)CNC2)c1. The zero-order valence-corrected chi connectivity index (χ0v) is 8.84. The number of rotatable bonds is 3. The van der Waals surface area contributed by atoms with Crippen LogP contribution in [-0.2, 0) is 11.3 Å². The molecular formula is C12H17NO. The lowest BCUT2D eigenvalue weighted by Crippen LogP contribution is -2.58. The normalized spacial score (nSPS) is 19.0. The standard InChI is InChI=1S/C12H17NO/c1-10-4-3-5-11(6-10)7-14-12(2)8-13-9-12/h3-6,13H,7-9H2,1-2H3. The Kier molecular flexibility index (Phi) is 2.57. The molecule has 1 aliphatic heterocycles. The molecular weight excluding hydrogens is 174 g/mol. The van der Waals surface area contributed by atoms with Crippen LogP contribution in [0.25, 0.3) is 0 Å². The summed E-state index contributed by atoms with van der Waals surface area (Å²) >= 11 is 0. The first-order valence-corrected chi connectivity index (χ1v) is 5.08. The van der Waals surface area contributed by atoms with Crippen LogP contribution in [0.15, 0.2) is 24.3 Å². The summed E-state index contributed by atoms with van der Waals surface area (Å²) < 4.78 is 5.84. The fourth-order valence-corrected chi connectivity index (χ4v) is 1.64. The van der Waals surface area contributed by atoms with Gasteiger partial charge in [0.15, 0.2) is 0 Å². The van der Waals surface area contributed by atoms with E-state index in [0.717, 1.165) is 19.7 Å². The molecule has 2 heteroatoms. The number of hydrogen-bond acceptors (Lipinski definition) is 2. The van der Waals surface area contributed by atoms with Gasteiger partial charge in [0.2, 0.25) is 0 Å². The van der Waals surface area contributed by atoms with E-state index >= 15 is 0 Å². The number of ether oxygens (including phenoxy) is 1. The van der Waals surface area contributed by atoms with Crippen LogP contribution in [0, 0.1) is 6.92 Å². The molecule has 2 nitrogen and oxygen atoms in total. The number of aryl methyl sites for hydroxylation is 1. The molecule has 1 fully saturated rings. The predicted octanol–water partition coefficient (Wildman–Crippen LogP) is 1.87. The topological polar surface area (TPSA) is 21.3 Å². The highest BCUT2D eigenvalue weighted by molar-refractivity contribution is 5.21. The Labute approximate surface area is 85.3 Å². The van der Waals surface area contributed by atoms with Crippen molar-refractivity contribution in [3.63, 3.8) is 0 Å². The highest BCUT2D eigenvalue weighted by atomic mass is 16.5. The van der Waals surface area contributed by atoms with E-state index < -0.39 is 0 Å². The third-order valence-corrected chi connectivity index (χ3v) is 2.67. The van der Waals surface area contributed by atoms with Gasteiger partial charge >= 0.3 is 0 Å². The molecule has 1 heterocycles. The molecule has 14 heavy (non-hydrogen) atoms. The first kappa shape index (κ1) is 9.69. The Morgan fingerprint density at radius 1 is 1.43 bits per heavy atom. The second kappa shape index (κ2) is 3.71. The van der Waals surface area contributed by atoms with Gasteiger partial charge in [-0.25, -0.2) is 0 Å². The van der Waals surface area contributed by atoms with Crippen LogP contribution in [-0.4, -0.2) is 18.7 Å². The Morgan fingerprint density at radius 3 is 2.79 bits per heavy atom. The van der Waals surface area contributed by atoms with E-state index in [2.05, 4.69) is 43.4 Å². The largest absolute Gasteiger partial charge is 0.368 e. The highest BCUT2D eigenvalue weighted by Gasteiger charge is 2.32. The first-order valence-electron chi connectivity index (χ1n) is 5.08. The van der Waals surface area contributed by atoms with Crippen molar-refractivity contribution in [3.05, 3.63) is 35.4 Å². The average molecular weight is 191 g/mol. The second-order valence-electron chi connectivity index (χ2n) is 4.33. The zero-order chi connectivity index (χ0) is 10.0. The van der Waals surface area contributed by atoms with E-state index in [4.69, 9.17) is 4.74 Å². The summed E-state index contributed by atoms with van der Waals surface area (Å²) in [4.78, 5) is 0. The van der Waals surface area contributed by atoms with E-state index in [1.165, 1.54) is 11.1 Å². The molecule has 2 rings (SSSR count). The van der Waals surface area contributed by atoms with Crippen LogP contribution in [0.4, 0.5) is 0 Å². The van der Waals surface area contributed by atoms with Gasteiger partial charge in [-0.15, -0.1) is 0 Å². The fourth-order valence-electron chi connectivity index (χ4n) is 1.64. The van der Waals surface area contributed by atoms with Crippen molar-refractivity contribution >= 4 is 0 Å². The summed E-state index contributed by atoms with van der Waals surface area (Å²) in [7, 11) is 0. The lowest BCUT2D eigenvalue weighted by Gasteiger charge is -2.39. The van der Waals surface area contributed by atoms with Crippen LogP contribution in [0.3, 0.4) is 0 Å². The Balaban J connectivity index is 1.91. The van der Waals surface area contributed by atoms with E-state index in [0.29, 0.717) is 0 Å². The van der Waals surface area contributed by atoms with Crippen molar-refractivity contribution < 1.29 is 4.74 Å². The van der Waals surface area contributed by atoms with Crippen LogP contribution in [0.2, 0.25) is 0 Å². The molecule has 1 N–H and O–H groups in total. The molecule has 76 valence electrons. The maximum atomic E-state index is 5.84. The molecule has 0 aromatic heterocycles. The van der Waals surface area contributed by atoms with Gasteiger partial charge in [-0.05, 0) is 19.4 Å².